The van der Waals surface area contributed by atoms with Crippen molar-refractivity contribution in [2.75, 3.05) is 12.4 Å². The number of nitrogens with zero attached hydrogens (tertiary/aromatic N) is 2. The Morgan fingerprint density at radius 1 is 1.15 bits per heavy atom. The molecule has 0 spiro atoms. The average Bonchev–Trinajstić information content (AvgIpc) is 3.24. The monoisotopic (exact) mass is 460 g/mol. The smallest absolute Gasteiger partial charge is 0.416 e. The fourth-order valence-electron chi connectivity index (χ4n) is 3.68. The predicted molar refractivity (Wildman–Crippen MR) is 110 cm³/mol. The normalized spacial score (nSPS) is 15.5. The first-order chi connectivity index (χ1) is 15.7. The van der Waals surface area contributed by atoms with Gasteiger partial charge in [-0.25, -0.2) is 0 Å². The van der Waals surface area contributed by atoms with Crippen LogP contribution in [0.3, 0.4) is 0 Å². The third-order valence-corrected chi connectivity index (χ3v) is 5.35. The van der Waals surface area contributed by atoms with Crippen LogP contribution in [0.2, 0.25) is 0 Å². The van der Waals surface area contributed by atoms with Gasteiger partial charge in [0.15, 0.2) is 23.1 Å². The standard InChI is InChI=1S/C22H19F3N4O4/c1-11(30)12-3-4-14(16(7-12)22(23,24)25)10-33-17-6-5-13(8-18(17)32-2)15-9-19(31)26-21-20(15)27-29-28-21/h3-8,15H,9-10H2,1-2H3,(H2,26,27,28,29,31). The van der Waals surface area contributed by atoms with Crippen molar-refractivity contribution in [1.82, 2.24) is 15.4 Å². The van der Waals surface area contributed by atoms with Crippen LogP contribution >= 0.6 is 0 Å². The first-order valence-electron chi connectivity index (χ1n) is 9.89. The second-order valence-corrected chi connectivity index (χ2v) is 7.49. The molecule has 33 heavy (non-hydrogen) atoms. The number of alkyl halides is 3. The lowest BCUT2D eigenvalue weighted by molar-refractivity contribution is -0.138. The number of hydrogen-bond donors (Lipinski definition) is 2. The van der Waals surface area contributed by atoms with Gasteiger partial charge in [0.2, 0.25) is 5.91 Å². The molecule has 4 rings (SSSR count). The summed E-state index contributed by atoms with van der Waals surface area (Å²) in [6.07, 6.45) is -4.49. The molecule has 1 unspecified atom stereocenters. The zero-order valence-electron chi connectivity index (χ0n) is 17.6. The van der Waals surface area contributed by atoms with Crippen LogP contribution in [-0.2, 0) is 17.6 Å². The van der Waals surface area contributed by atoms with Crippen LogP contribution in [0.5, 0.6) is 11.5 Å². The molecule has 0 radical (unpaired) electrons. The molecule has 0 bridgehead atoms. The summed E-state index contributed by atoms with van der Waals surface area (Å²) in [5, 5.41) is 13.1. The Hall–Kier alpha value is -3.89. The average molecular weight is 460 g/mol. The van der Waals surface area contributed by atoms with Crippen LogP contribution < -0.4 is 14.8 Å². The maximum absolute atomic E-state index is 13.5. The quantitative estimate of drug-likeness (QED) is 0.537. The summed E-state index contributed by atoms with van der Waals surface area (Å²) in [7, 11) is 1.41. The van der Waals surface area contributed by atoms with E-state index in [1.54, 1.807) is 18.2 Å². The van der Waals surface area contributed by atoms with E-state index in [2.05, 4.69) is 20.7 Å². The van der Waals surface area contributed by atoms with Gasteiger partial charge in [0.1, 0.15) is 12.3 Å². The number of carbonyl (C=O) groups is 2. The van der Waals surface area contributed by atoms with Crippen molar-refractivity contribution in [3.05, 3.63) is 64.3 Å². The molecule has 2 heterocycles. The second kappa shape index (κ2) is 8.57. The summed E-state index contributed by atoms with van der Waals surface area (Å²) < 4.78 is 51.5. The molecule has 1 aromatic heterocycles. The van der Waals surface area contributed by atoms with E-state index in [4.69, 9.17) is 9.47 Å². The molecule has 0 aliphatic carbocycles. The fraction of sp³-hybridized carbons (Fsp3) is 0.273. The van der Waals surface area contributed by atoms with E-state index in [9.17, 15) is 22.8 Å². The van der Waals surface area contributed by atoms with E-state index in [1.807, 2.05) is 0 Å². The number of Topliss-reactive ketones (excluding diaryl/α,β-unsaturated/α-hetero) is 1. The Balaban J connectivity index is 1.60. The van der Waals surface area contributed by atoms with E-state index in [0.717, 1.165) is 6.07 Å². The number of aromatic amines is 1. The Morgan fingerprint density at radius 3 is 2.64 bits per heavy atom. The number of aromatic nitrogens is 3. The topological polar surface area (TPSA) is 106 Å². The summed E-state index contributed by atoms with van der Waals surface area (Å²) in [5.74, 6) is -0.176. The van der Waals surface area contributed by atoms with Crippen molar-refractivity contribution >= 4 is 17.5 Å². The Bertz CT molecular complexity index is 1220. The fourth-order valence-corrected chi connectivity index (χ4v) is 3.68. The van der Waals surface area contributed by atoms with Crippen LogP contribution in [0.15, 0.2) is 36.4 Å². The summed E-state index contributed by atoms with van der Waals surface area (Å²) >= 11 is 0. The SMILES string of the molecule is COc1cc(C2CC(=O)Nc3n[nH]nc32)ccc1OCc1ccc(C(C)=O)cc1C(F)(F)F. The molecule has 0 saturated heterocycles. The van der Waals surface area contributed by atoms with Gasteiger partial charge in [-0.2, -0.15) is 23.5 Å². The lowest BCUT2D eigenvalue weighted by atomic mass is 9.89. The molecule has 3 aromatic rings. The number of H-pyrrole nitrogens is 1. The molecule has 1 aliphatic heterocycles. The summed E-state index contributed by atoms with van der Waals surface area (Å²) in [5.41, 5.74) is 0.209. The first kappa shape index (κ1) is 22.3. The highest BCUT2D eigenvalue weighted by Gasteiger charge is 2.34. The molecule has 1 atom stereocenters. The second-order valence-electron chi connectivity index (χ2n) is 7.49. The van der Waals surface area contributed by atoms with Gasteiger partial charge < -0.3 is 14.8 Å². The van der Waals surface area contributed by atoms with E-state index < -0.39 is 17.5 Å². The summed E-state index contributed by atoms with van der Waals surface area (Å²) in [4.78, 5) is 23.5. The molecule has 8 nitrogen and oxygen atoms in total. The van der Waals surface area contributed by atoms with Gasteiger partial charge >= 0.3 is 6.18 Å². The molecule has 1 aliphatic rings. The molecule has 1 amide bonds. The molecule has 2 N–H and O–H groups in total. The molecule has 0 fully saturated rings. The number of rotatable bonds is 6. The molecule has 11 heteroatoms. The number of amides is 1. The molecular weight excluding hydrogens is 441 g/mol. The van der Waals surface area contributed by atoms with E-state index >= 15 is 0 Å². The van der Waals surface area contributed by atoms with Gasteiger partial charge in [0.05, 0.1) is 12.7 Å². The van der Waals surface area contributed by atoms with Gasteiger partial charge in [-0.3, -0.25) is 9.59 Å². The highest BCUT2D eigenvalue weighted by Crippen LogP contribution is 2.39. The first-order valence-corrected chi connectivity index (χ1v) is 9.89. The van der Waals surface area contributed by atoms with Crippen LogP contribution in [0.25, 0.3) is 0 Å². The van der Waals surface area contributed by atoms with Crippen LogP contribution in [0.1, 0.15) is 52.0 Å². The van der Waals surface area contributed by atoms with Crippen molar-refractivity contribution in [3.8, 4) is 11.5 Å². The molecule has 172 valence electrons. The minimum Gasteiger partial charge on any atom is -0.493 e. The predicted octanol–water partition coefficient (Wildman–Crippen LogP) is 4.09. The van der Waals surface area contributed by atoms with Crippen molar-refractivity contribution in [2.45, 2.75) is 32.0 Å². The molecular formula is C22H19F3N4O4. The Labute approximate surface area is 186 Å². The van der Waals surface area contributed by atoms with E-state index in [0.29, 0.717) is 17.1 Å². The van der Waals surface area contributed by atoms with Gasteiger partial charge in [0, 0.05) is 23.5 Å². The zero-order chi connectivity index (χ0) is 23.8. The number of methoxy groups -OCH3 is 1. The third kappa shape index (κ3) is 4.52. The van der Waals surface area contributed by atoms with E-state index in [1.165, 1.54) is 26.2 Å². The van der Waals surface area contributed by atoms with Gasteiger partial charge in [-0.05, 0) is 30.7 Å². The summed E-state index contributed by atoms with van der Waals surface area (Å²) in [6.45, 7) is 0.817. The Kier molecular flexibility index (Phi) is 5.79. The number of hydrogen-bond acceptors (Lipinski definition) is 6. The number of halogens is 3. The van der Waals surface area contributed by atoms with Crippen LogP contribution in [0, 0.1) is 0 Å². The molecule has 0 saturated carbocycles. The maximum atomic E-state index is 13.5. The van der Waals surface area contributed by atoms with E-state index in [-0.39, 0.29) is 47.5 Å². The molecule has 2 aromatic carbocycles. The van der Waals surface area contributed by atoms with Gasteiger partial charge in [0.25, 0.3) is 0 Å². The zero-order valence-corrected chi connectivity index (χ0v) is 17.6. The number of ether oxygens (including phenoxy) is 2. The van der Waals surface area contributed by atoms with Crippen molar-refractivity contribution in [2.24, 2.45) is 0 Å². The number of anilines is 1. The number of ketones is 1. The highest BCUT2D eigenvalue weighted by molar-refractivity contribution is 5.94. The highest BCUT2D eigenvalue weighted by atomic mass is 19.4. The maximum Gasteiger partial charge on any atom is 0.416 e. The Morgan fingerprint density at radius 2 is 1.94 bits per heavy atom. The van der Waals surface area contributed by atoms with Crippen molar-refractivity contribution < 1.29 is 32.2 Å². The minimum absolute atomic E-state index is 0.0308. The lowest BCUT2D eigenvalue weighted by Gasteiger charge is -2.22. The third-order valence-electron chi connectivity index (χ3n) is 5.35. The van der Waals surface area contributed by atoms with Crippen LogP contribution in [-0.4, -0.2) is 34.2 Å². The number of nitrogens with one attached hydrogen (secondary N) is 2. The number of carbonyl (C=O) groups excluding carboxylic acids is 2. The van der Waals surface area contributed by atoms with Crippen LogP contribution in [0.4, 0.5) is 19.0 Å². The van der Waals surface area contributed by atoms with Crippen molar-refractivity contribution in [1.29, 1.82) is 0 Å². The number of fused-ring (bicyclic) bond motifs is 1. The largest absolute Gasteiger partial charge is 0.493 e. The number of benzene rings is 2. The lowest BCUT2D eigenvalue weighted by Crippen LogP contribution is -2.23. The minimum atomic E-state index is -4.64. The van der Waals surface area contributed by atoms with Crippen molar-refractivity contribution in [3.63, 3.8) is 0 Å². The summed E-state index contributed by atoms with van der Waals surface area (Å²) in [6, 6.07) is 8.31. The van der Waals surface area contributed by atoms with Gasteiger partial charge in [-0.1, -0.05) is 18.2 Å². The van der Waals surface area contributed by atoms with Gasteiger partial charge in [-0.15, -0.1) is 5.10 Å².